The van der Waals surface area contributed by atoms with Gasteiger partial charge in [-0.25, -0.2) is 0 Å². The second-order valence-corrected chi connectivity index (χ2v) is 4.39. The fourth-order valence-corrected chi connectivity index (χ4v) is 2.09. The first-order chi connectivity index (χ1) is 7.29. The first-order valence-electron chi connectivity index (χ1n) is 5.73. The molecule has 0 bridgehead atoms. The average molecular weight is 207 g/mol. The highest BCUT2D eigenvalue weighted by Crippen LogP contribution is 2.17. The van der Waals surface area contributed by atoms with Gasteiger partial charge in [0.05, 0.1) is 19.4 Å². The molecule has 1 aliphatic heterocycles. The number of rotatable bonds is 2. The lowest BCUT2D eigenvalue weighted by Gasteiger charge is -2.18. The van der Waals surface area contributed by atoms with Crippen LogP contribution in [0.15, 0.2) is 18.3 Å². The lowest BCUT2D eigenvalue weighted by Crippen LogP contribution is -2.49. The first kappa shape index (κ1) is 10.6. The van der Waals surface area contributed by atoms with E-state index >= 15 is 0 Å². The van der Waals surface area contributed by atoms with E-state index in [4.69, 9.17) is 4.74 Å². The Morgan fingerprint density at radius 1 is 1.40 bits per heavy atom. The van der Waals surface area contributed by atoms with E-state index in [2.05, 4.69) is 29.7 Å². The maximum atomic E-state index is 5.38. The molecule has 0 unspecified atom stereocenters. The molecule has 0 saturated carbocycles. The summed E-state index contributed by atoms with van der Waals surface area (Å²) >= 11 is 0. The van der Waals surface area contributed by atoms with Crippen LogP contribution in [0.1, 0.15) is 44.3 Å². The molecule has 82 valence electrons. The Kier molecular flexibility index (Phi) is 3.31. The van der Waals surface area contributed by atoms with E-state index in [-0.39, 0.29) is 0 Å². The Morgan fingerprint density at radius 3 is 2.80 bits per heavy atom. The summed E-state index contributed by atoms with van der Waals surface area (Å²) in [5.74, 6) is 0.529. The summed E-state index contributed by atoms with van der Waals surface area (Å²) < 4.78 is 7.57. The Morgan fingerprint density at radius 2 is 2.13 bits per heavy atom. The number of hydrogen-bond donors (Lipinski definition) is 0. The predicted octanol–water partition coefficient (Wildman–Crippen LogP) is 1.84. The number of ether oxygens (including phenoxy) is 1. The Hall–Kier alpha value is -0.960. The molecular weight excluding hydrogens is 188 g/mol. The molecule has 1 aliphatic rings. The second-order valence-electron chi connectivity index (χ2n) is 4.39. The summed E-state index contributed by atoms with van der Waals surface area (Å²) in [7, 11) is 0. The zero-order chi connectivity index (χ0) is 10.7. The Balaban J connectivity index is 2.25. The van der Waals surface area contributed by atoms with Crippen LogP contribution in [0.25, 0.3) is 0 Å². The van der Waals surface area contributed by atoms with Crippen molar-refractivity contribution in [2.24, 2.45) is 0 Å². The molecule has 0 N–H and O–H groups in total. The molecule has 0 radical (unpaired) electrons. The van der Waals surface area contributed by atoms with Crippen LogP contribution in [-0.4, -0.2) is 18.3 Å². The van der Waals surface area contributed by atoms with Crippen molar-refractivity contribution < 1.29 is 9.42 Å². The van der Waals surface area contributed by atoms with E-state index in [1.165, 1.54) is 5.69 Å². The van der Waals surface area contributed by atoms with Crippen LogP contribution in [0.4, 0.5) is 0 Å². The maximum absolute atomic E-state index is 5.38. The fourth-order valence-electron chi connectivity index (χ4n) is 2.09. The van der Waals surface area contributed by atoms with Crippen molar-refractivity contribution >= 4 is 0 Å². The molecule has 1 aromatic heterocycles. The minimum atomic E-state index is 0.525. The summed E-state index contributed by atoms with van der Waals surface area (Å²) in [6.07, 6.45) is 4.05. The summed E-state index contributed by atoms with van der Waals surface area (Å²) in [6, 6.07) is 4.72. The predicted molar refractivity (Wildman–Crippen MR) is 57.6 cm³/mol. The summed E-state index contributed by atoms with van der Waals surface area (Å²) in [4.78, 5) is 0. The molecule has 1 fully saturated rings. The molecule has 0 aromatic carbocycles. The van der Waals surface area contributed by atoms with Crippen molar-refractivity contribution in [2.75, 3.05) is 13.2 Å². The molecule has 0 atom stereocenters. The van der Waals surface area contributed by atoms with Crippen LogP contribution in [-0.2, 0) is 4.74 Å². The fraction of sp³-hybridized carbons (Fsp3) is 0.667. The normalized spacial score (nSPS) is 18.3. The van der Waals surface area contributed by atoms with Crippen molar-refractivity contribution in [3.05, 3.63) is 24.0 Å². The molecular formula is C12H19N2O+. The molecule has 2 rings (SSSR count). The van der Waals surface area contributed by atoms with Gasteiger partial charge in [-0.2, -0.15) is 0 Å². The minimum Gasteiger partial charge on any atom is -0.381 e. The van der Waals surface area contributed by atoms with E-state index in [0.717, 1.165) is 26.1 Å². The van der Waals surface area contributed by atoms with Gasteiger partial charge in [-0.15, -0.1) is 0 Å². The third-order valence-corrected chi connectivity index (χ3v) is 2.94. The van der Waals surface area contributed by atoms with E-state index in [1.807, 2.05) is 12.3 Å². The third-order valence-electron chi connectivity index (χ3n) is 2.94. The zero-order valence-corrected chi connectivity index (χ0v) is 9.52. The highest BCUT2D eigenvalue weighted by Gasteiger charge is 2.27. The molecule has 15 heavy (non-hydrogen) atoms. The molecule has 0 amide bonds. The van der Waals surface area contributed by atoms with Crippen molar-refractivity contribution in [2.45, 2.75) is 38.6 Å². The lowest BCUT2D eigenvalue weighted by atomic mass is 10.1. The van der Waals surface area contributed by atoms with Crippen molar-refractivity contribution in [3.8, 4) is 0 Å². The van der Waals surface area contributed by atoms with Gasteiger partial charge < -0.3 is 4.74 Å². The third kappa shape index (κ3) is 2.34. The lowest BCUT2D eigenvalue weighted by molar-refractivity contribution is -0.787. The van der Waals surface area contributed by atoms with Crippen LogP contribution in [0.3, 0.4) is 0 Å². The number of aromatic nitrogens is 2. The van der Waals surface area contributed by atoms with Crippen LogP contribution in [0, 0.1) is 0 Å². The molecule has 1 aromatic rings. The zero-order valence-electron chi connectivity index (χ0n) is 9.52. The molecule has 2 heterocycles. The average Bonchev–Trinajstić information content (AvgIpc) is 2.30. The SMILES string of the molecule is CC(C)c1cccn[n+]1C1CCOCC1. The van der Waals surface area contributed by atoms with Gasteiger partial charge in [0.25, 0.3) is 0 Å². The van der Waals surface area contributed by atoms with Crippen LogP contribution in [0.5, 0.6) is 0 Å². The Labute approximate surface area is 91.1 Å². The van der Waals surface area contributed by atoms with Gasteiger partial charge in [0.15, 0.2) is 6.04 Å². The minimum absolute atomic E-state index is 0.525. The van der Waals surface area contributed by atoms with Gasteiger partial charge in [0.1, 0.15) is 0 Å². The van der Waals surface area contributed by atoms with Crippen LogP contribution >= 0.6 is 0 Å². The first-order valence-corrected chi connectivity index (χ1v) is 5.73. The van der Waals surface area contributed by atoms with Gasteiger partial charge in [-0.1, -0.05) is 18.5 Å². The largest absolute Gasteiger partial charge is 0.381 e. The van der Waals surface area contributed by atoms with Gasteiger partial charge in [0, 0.05) is 24.8 Å². The van der Waals surface area contributed by atoms with Crippen molar-refractivity contribution in [1.29, 1.82) is 0 Å². The van der Waals surface area contributed by atoms with Gasteiger partial charge in [-0.3, -0.25) is 0 Å². The summed E-state index contributed by atoms with van der Waals surface area (Å²) in [6.45, 7) is 6.16. The highest BCUT2D eigenvalue weighted by atomic mass is 16.5. The van der Waals surface area contributed by atoms with Crippen LogP contribution < -0.4 is 4.68 Å². The van der Waals surface area contributed by atoms with E-state index < -0.39 is 0 Å². The second kappa shape index (κ2) is 4.71. The van der Waals surface area contributed by atoms with Crippen molar-refractivity contribution in [3.63, 3.8) is 0 Å². The molecule has 3 heteroatoms. The number of nitrogens with zero attached hydrogens (tertiary/aromatic N) is 2. The summed E-state index contributed by atoms with van der Waals surface area (Å²) in [5.41, 5.74) is 1.32. The van der Waals surface area contributed by atoms with E-state index in [1.54, 1.807) is 0 Å². The van der Waals surface area contributed by atoms with E-state index in [9.17, 15) is 0 Å². The van der Waals surface area contributed by atoms with Gasteiger partial charge in [-0.05, 0) is 11.2 Å². The highest BCUT2D eigenvalue weighted by molar-refractivity contribution is 4.98. The van der Waals surface area contributed by atoms with E-state index in [0.29, 0.717) is 12.0 Å². The quantitative estimate of drug-likeness (QED) is 0.692. The molecule has 0 aliphatic carbocycles. The topological polar surface area (TPSA) is 26.0 Å². The molecule has 1 saturated heterocycles. The monoisotopic (exact) mass is 207 g/mol. The van der Waals surface area contributed by atoms with Gasteiger partial charge in [0.2, 0.25) is 5.69 Å². The molecule has 3 nitrogen and oxygen atoms in total. The van der Waals surface area contributed by atoms with Crippen LogP contribution in [0.2, 0.25) is 0 Å². The standard InChI is InChI=1S/C12H19N2O/c1-10(2)12-4-3-7-13-14(12)11-5-8-15-9-6-11/h3-4,7,10-11H,5-6,8-9H2,1-2H3/q+1. The maximum Gasteiger partial charge on any atom is 0.211 e. The smallest absolute Gasteiger partial charge is 0.211 e. The van der Waals surface area contributed by atoms with Gasteiger partial charge >= 0.3 is 0 Å². The number of hydrogen-bond acceptors (Lipinski definition) is 2. The van der Waals surface area contributed by atoms with Crippen molar-refractivity contribution in [1.82, 2.24) is 5.10 Å². The molecule has 0 spiro atoms. The Bertz CT molecular complexity index is 319. The summed E-state index contributed by atoms with van der Waals surface area (Å²) in [5, 5.41) is 4.48.